The van der Waals surface area contributed by atoms with Crippen molar-refractivity contribution in [3.8, 4) is 0 Å². The number of carbonyl (C=O) groups is 4. The average molecular weight is 733 g/mol. The predicted octanol–water partition coefficient (Wildman–Crippen LogP) is 3.79. The Morgan fingerprint density at radius 1 is 0.694 bits per heavy atom. The van der Waals surface area contributed by atoms with Gasteiger partial charge in [0.2, 0.25) is 17.7 Å². The Morgan fingerprint density at radius 3 is 1.59 bits per heavy atom. The highest BCUT2D eigenvalue weighted by molar-refractivity contribution is 7.59. The molecule has 0 aliphatic rings. The van der Waals surface area contributed by atoms with Crippen molar-refractivity contribution in [1.29, 1.82) is 0 Å². The maximum Gasteiger partial charge on any atom is 0.407 e. The molecule has 0 aliphatic carbocycles. The number of nitrogens with one attached hydrogen (secondary N) is 3. The molecule has 3 aromatic carbocycles. The normalized spacial score (nSPS) is 13.7. The monoisotopic (exact) mass is 732 g/mol. The molecule has 5 atom stereocenters. The van der Waals surface area contributed by atoms with Gasteiger partial charge >= 0.3 is 6.09 Å². The summed E-state index contributed by atoms with van der Waals surface area (Å²) in [4.78, 5) is 51.6. The second-order valence-electron chi connectivity index (χ2n) is 12.5. The molecule has 0 aromatic heterocycles. The third-order valence-corrected chi connectivity index (χ3v) is 7.38. The number of aliphatic hydroxyl groups excluding tert-OH is 1. The molecule has 0 radical (unpaired) electrons. The first-order chi connectivity index (χ1) is 21.8. The number of benzene rings is 3. The summed E-state index contributed by atoms with van der Waals surface area (Å²) >= 11 is 0. The second kappa shape index (κ2) is 22.1. The summed E-state index contributed by atoms with van der Waals surface area (Å²) in [5, 5.41) is 19.7. The minimum Gasteiger partial charge on any atom is -0.444 e. The lowest BCUT2D eigenvalue weighted by molar-refractivity contribution is -0.132. The number of rotatable bonds is 15. The van der Waals surface area contributed by atoms with Crippen LogP contribution in [0.2, 0.25) is 0 Å². The first-order valence-electron chi connectivity index (χ1n) is 15.5. The van der Waals surface area contributed by atoms with Gasteiger partial charge in [-0.2, -0.15) is 40.5 Å². The molecule has 0 spiro atoms. The number of hydrogen-bond acceptors (Lipinski definition) is 6. The zero-order chi connectivity index (χ0) is 33.7. The predicted molar refractivity (Wildman–Crippen MR) is 208 cm³/mol. The molecule has 49 heavy (non-hydrogen) atoms. The molecule has 0 saturated heterocycles. The third-order valence-electron chi connectivity index (χ3n) is 7.38. The zero-order valence-corrected chi connectivity index (χ0v) is 31.4. The first-order valence-corrected chi connectivity index (χ1v) is 15.5. The third kappa shape index (κ3) is 16.5. The van der Waals surface area contributed by atoms with E-state index in [4.69, 9.17) is 10.5 Å². The Labute approximate surface area is 310 Å². The summed E-state index contributed by atoms with van der Waals surface area (Å²) < 4.78 is 5.45. The molecule has 0 aliphatic heterocycles. The maximum absolute atomic E-state index is 13.7. The number of nitrogens with two attached hydrogens (primary N) is 1. The number of primary amides is 1. The minimum atomic E-state index is -1.14. The molecule has 3 rings (SSSR count). The SMILES string of the molecule is C[C@H](NC(=O)[C@H](Cc1ccccc1)CC(O)[C@H](Cc1ccccc1)NC(=O)OC(C)(C)C)C(=O)N[C@@H](Cc1ccccc1)C(N)=O.S.S.S. The van der Waals surface area contributed by atoms with E-state index in [0.29, 0.717) is 6.42 Å². The van der Waals surface area contributed by atoms with E-state index >= 15 is 0 Å². The van der Waals surface area contributed by atoms with Crippen molar-refractivity contribution in [3.05, 3.63) is 108 Å². The van der Waals surface area contributed by atoms with E-state index in [1.54, 1.807) is 20.8 Å². The van der Waals surface area contributed by atoms with Gasteiger partial charge in [-0.25, -0.2) is 4.79 Å². The van der Waals surface area contributed by atoms with Gasteiger partial charge in [-0.15, -0.1) is 0 Å². The van der Waals surface area contributed by atoms with Crippen LogP contribution in [0, 0.1) is 5.92 Å². The Kier molecular flexibility index (Phi) is 20.5. The van der Waals surface area contributed by atoms with Crippen LogP contribution in [0.25, 0.3) is 0 Å². The average Bonchev–Trinajstić information content (AvgIpc) is 3.00. The van der Waals surface area contributed by atoms with Crippen molar-refractivity contribution in [1.82, 2.24) is 16.0 Å². The molecule has 6 N–H and O–H groups in total. The van der Waals surface area contributed by atoms with Gasteiger partial charge in [-0.3, -0.25) is 14.4 Å². The van der Waals surface area contributed by atoms with E-state index in [2.05, 4.69) is 16.0 Å². The molecule has 13 heteroatoms. The van der Waals surface area contributed by atoms with Crippen LogP contribution in [0.1, 0.15) is 50.8 Å². The molecule has 10 nitrogen and oxygen atoms in total. The van der Waals surface area contributed by atoms with Crippen LogP contribution in [0.3, 0.4) is 0 Å². The highest BCUT2D eigenvalue weighted by Crippen LogP contribution is 2.20. The van der Waals surface area contributed by atoms with Crippen molar-refractivity contribution < 1.29 is 29.0 Å². The lowest BCUT2D eigenvalue weighted by Crippen LogP contribution is -2.54. The van der Waals surface area contributed by atoms with Crippen LogP contribution in [-0.4, -0.2) is 58.8 Å². The van der Waals surface area contributed by atoms with Crippen molar-refractivity contribution >= 4 is 64.3 Å². The fourth-order valence-corrected chi connectivity index (χ4v) is 5.01. The van der Waals surface area contributed by atoms with Crippen LogP contribution < -0.4 is 21.7 Å². The molecular formula is C36H52N4O6S3. The number of ether oxygens (including phenoxy) is 1. The summed E-state index contributed by atoms with van der Waals surface area (Å²) in [6.45, 7) is 6.77. The Balaban J connectivity index is 0.00000768. The summed E-state index contributed by atoms with van der Waals surface area (Å²) in [6.07, 6.45) is -1.04. The van der Waals surface area contributed by atoms with E-state index in [0.717, 1.165) is 16.7 Å². The van der Waals surface area contributed by atoms with Gasteiger partial charge in [0.15, 0.2) is 0 Å². The van der Waals surface area contributed by atoms with Gasteiger partial charge in [0.1, 0.15) is 17.7 Å². The highest BCUT2D eigenvalue weighted by Gasteiger charge is 2.32. The number of aliphatic hydroxyl groups is 1. The number of alkyl carbamates (subject to hydrolysis) is 1. The van der Waals surface area contributed by atoms with Crippen molar-refractivity contribution in [2.45, 2.75) is 83.2 Å². The highest BCUT2D eigenvalue weighted by atomic mass is 32.1. The molecule has 0 fully saturated rings. The zero-order valence-electron chi connectivity index (χ0n) is 28.4. The van der Waals surface area contributed by atoms with E-state index in [1.807, 2.05) is 91.0 Å². The molecule has 1 unspecified atom stereocenters. The first kappa shape index (κ1) is 45.3. The van der Waals surface area contributed by atoms with Crippen molar-refractivity contribution in [2.24, 2.45) is 11.7 Å². The van der Waals surface area contributed by atoms with Crippen LogP contribution >= 0.6 is 40.5 Å². The van der Waals surface area contributed by atoms with Crippen LogP contribution in [0.4, 0.5) is 4.79 Å². The lowest BCUT2D eigenvalue weighted by Gasteiger charge is -2.29. The Hall–Kier alpha value is -3.65. The van der Waals surface area contributed by atoms with Crippen LogP contribution in [0.5, 0.6) is 0 Å². The molecule has 0 saturated carbocycles. The van der Waals surface area contributed by atoms with Crippen LogP contribution in [-0.2, 0) is 38.4 Å². The summed E-state index contributed by atoms with van der Waals surface area (Å²) in [5.74, 6) is -2.48. The molecule has 3 aromatic rings. The number of hydrogen-bond donors (Lipinski definition) is 5. The summed E-state index contributed by atoms with van der Waals surface area (Å²) in [5.41, 5.74) is 7.40. The fourth-order valence-electron chi connectivity index (χ4n) is 5.01. The molecule has 0 heterocycles. The standard InChI is InChI=1S/C36H46N4O6.3H2S/c1-24(33(43)39-30(32(37)42)22-27-18-12-7-13-19-27)38-34(44)28(20-25-14-8-5-9-15-25)23-31(41)29(21-26-16-10-6-11-17-26)40-35(45)46-36(2,3)4;;;/h5-19,24,28-31,41H,20-23H2,1-4H3,(H2,37,42)(H,38,44)(H,39,43)(H,40,45);3*1H2/t24-,28+,29-,30-,31?;;;/m0.../s1. The van der Waals surface area contributed by atoms with E-state index < -0.39 is 59.6 Å². The van der Waals surface area contributed by atoms with Gasteiger partial charge < -0.3 is 31.5 Å². The molecular weight excluding hydrogens is 681 g/mol. The molecule has 0 bridgehead atoms. The van der Waals surface area contributed by atoms with Gasteiger partial charge in [0.25, 0.3) is 0 Å². The Morgan fingerprint density at radius 2 is 1.14 bits per heavy atom. The molecule has 4 amide bonds. The minimum absolute atomic E-state index is 0. The van der Waals surface area contributed by atoms with Gasteiger partial charge in [-0.1, -0.05) is 91.0 Å². The fraction of sp³-hybridized carbons (Fsp3) is 0.389. The maximum atomic E-state index is 13.7. The van der Waals surface area contributed by atoms with Crippen molar-refractivity contribution in [3.63, 3.8) is 0 Å². The molecule has 270 valence electrons. The smallest absolute Gasteiger partial charge is 0.407 e. The van der Waals surface area contributed by atoms with E-state index in [9.17, 15) is 24.3 Å². The number of carbonyl (C=O) groups excluding carboxylic acids is 4. The van der Waals surface area contributed by atoms with E-state index in [1.165, 1.54) is 6.92 Å². The largest absolute Gasteiger partial charge is 0.444 e. The second-order valence-corrected chi connectivity index (χ2v) is 12.5. The van der Waals surface area contributed by atoms with Crippen molar-refractivity contribution in [2.75, 3.05) is 0 Å². The quantitative estimate of drug-likeness (QED) is 0.160. The lowest BCUT2D eigenvalue weighted by atomic mass is 9.88. The Bertz CT molecular complexity index is 1430. The van der Waals surface area contributed by atoms with E-state index in [-0.39, 0.29) is 59.7 Å². The topological polar surface area (TPSA) is 160 Å². The summed E-state index contributed by atoms with van der Waals surface area (Å²) in [6, 6.07) is 25.2. The van der Waals surface area contributed by atoms with Crippen LogP contribution in [0.15, 0.2) is 91.0 Å². The van der Waals surface area contributed by atoms with Gasteiger partial charge in [0.05, 0.1) is 12.1 Å². The van der Waals surface area contributed by atoms with Gasteiger partial charge in [-0.05, 0) is 63.6 Å². The number of amides is 4. The summed E-state index contributed by atoms with van der Waals surface area (Å²) in [7, 11) is 0. The van der Waals surface area contributed by atoms with Gasteiger partial charge in [0, 0.05) is 12.3 Å².